The van der Waals surface area contributed by atoms with Crippen LogP contribution in [0.3, 0.4) is 0 Å². The van der Waals surface area contributed by atoms with Crippen molar-refractivity contribution in [2.75, 3.05) is 0 Å². The Morgan fingerprint density at radius 2 is 1.78 bits per heavy atom. The third-order valence-corrected chi connectivity index (χ3v) is 0.491. The van der Waals surface area contributed by atoms with Crippen molar-refractivity contribution in [3.8, 4) is 0 Å². The van der Waals surface area contributed by atoms with Gasteiger partial charge in [-0.3, -0.25) is 4.79 Å². The maximum absolute atomic E-state index is 10.2. The average molecular weight is 128 g/mol. The molecule has 0 aliphatic rings. The Hall–Kier alpha value is -0.730. The predicted octanol–water partition coefficient (Wildman–Crippen LogP) is 1.78. The number of hydrogen-bond donors (Lipinski definition) is 0. The van der Waals surface area contributed by atoms with Crippen LogP contribution in [0, 0.1) is 0 Å². The van der Waals surface area contributed by atoms with Crippen LogP contribution in [0.5, 0.6) is 0 Å². The average Bonchev–Trinajstić information content (AvgIpc) is 1.59. The number of rotatable bonds is 0. The molecule has 0 aromatic heterocycles. The van der Waals surface area contributed by atoms with Crippen molar-refractivity contribution in [2.24, 2.45) is 10.2 Å². The summed E-state index contributed by atoms with van der Waals surface area (Å²) in [6.07, 6.45) is 0. The van der Waals surface area contributed by atoms with Gasteiger partial charge in [-0.2, -0.15) is 5.11 Å². The molecule has 0 bridgehead atoms. The molecule has 0 saturated heterocycles. The second-order valence-electron chi connectivity index (χ2n) is 2.89. The molecule has 0 aromatic carbocycles. The fourth-order valence-corrected chi connectivity index (χ4v) is 0.220. The van der Waals surface area contributed by atoms with E-state index in [1.165, 1.54) is 6.92 Å². The first-order chi connectivity index (χ1) is 3.92. The van der Waals surface area contributed by atoms with E-state index in [2.05, 4.69) is 10.2 Å². The largest absolute Gasteiger partial charge is 0.271 e. The topological polar surface area (TPSA) is 41.8 Å². The number of hydrogen-bond acceptors (Lipinski definition) is 2. The van der Waals surface area contributed by atoms with Crippen LogP contribution in [0.15, 0.2) is 10.2 Å². The Bertz CT molecular complexity index is 132. The third kappa shape index (κ3) is 7.27. The van der Waals surface area contributed by atoms with Crippen molar-refractivity contribution in [1.82, 2.24) is 0 Å². The summed E-state index contributed by atoms with van der Waals surface area (Å²) in [5.74, 6) is -0.245. The molecule has 0 N–H and O–H groups in total. The lowest BCUT2D eigenvalue weighted by molar-refractivity contribution is -0.116. The Balaban J connectivity index is 3.86. The lowest BCUT2D eigenvalue weighted by atomic mass is 10.1. The van der Waals surface area contributed by atoms with E-state index in [4.69, 9.17) is 0 Å². The van der Waals surface area contributed by atoms with Crippen molar-refractivity contribution in [1.29, 1.82) is 0 Å². The van der Waals surface area contributed by atoms with Gasteiger partial charge in [-0.25, -0.2) is 0 Å². The fourth-order valence-electron chi connectivity index (χ4n) is 0.220. The zero-order chi connectivity index (χ0) is 7.49. The van der Waals surface area contributed by atoms with Crippen LogP contribution in [0.2, 0.25) is 0 Å². The first-order valence-electron chi connectivity index (χ1n) is 2.85. The molecule has 0 aromatic rings. The predicted molar refractivity (Wildman–Crippen MR) is 35.3 cm³/mol. The van der Waals surface area contributed by atoms with Crippen LogP contribution in [0.4, 0.5) is 0 Å². The van der Waals surface area contributed by atoms with Crippen LogP contribution in [-0.4, -0.2) is 11.4 Å². The zero-order valence-electron chi connectivity index (χ0n) is 6.30. The van der Waals surface area contributed by atoms with Gasteiger partial charge in [0.2, 0.25) is 0 Å². The van der Waals surface area contributed by atoms with Gasteiger partial charge in [0.05, 0.1) is 5.54 Å². The fraction of sp³-hybridized carbons (Fsp3) is 0.833. The summed E-state index contributed by atoms with van der Waals surface area (Å²) < 4.78 is 0. The number of carbonyl (C=O) groups is 1. The molecular formula is C6H12N2O. The third-order valence-electron chi connectivity index (χ3n) is 0.491. The standard InChI is InChI=1S/C6H12N2O/c1-5(9)7-8-6(2,3)4/h1-4H3. The van der Waals surface area contributed by atoms with Crippen molar-refractivity contribution >= 4 is 5.91 Å². The van der Waals surface area contributed by atoms with Crippen LogP contribution in [0.1, 0.15) is 27.7 Å². The maximum Gasteiger partial charge on any atom is 0.261 e. The molecular weight excluding hydrogens is 116 g/mol. The molecule has 0 rings (SSSR count). The number of amides is 1. The lowest BCUT2D eigenvalue weighted by Crippen LogP contribution is -2.08. The molecule has 0 atom stereocenters. The smallest absolute Gasteiger partial charge is 0.261 e. The van der Waals surface area contributed by atoms with Gasteiger partial charge in [-0.1, -0.05) is 0 Å². The Morgan fingerprint density at radius 3 is 1.89 bits per heavy atom. The van der Waals surface area contributed by atoms with Crippen LogP contribution in [-0.2, 0) is 4.79 Å². The molecule has 0 radical (unpaired) electrons. The molecule has 0 saturated carbocycles. The van der Waals surface area contributed by atoms with E-state index in [0.717, 1.165) is 0 Å². The van der Waals surface area contributed by atoms with E-state index in [9.17, 15) is 4.79 Å². The molecule has 3 heteroatoms. The van der Waals surface area contributed by atoms with Gasteiger partial charge in [0.1, 0.15) is 0 Å². The van der Waals surface area contributed by atoms with Crippen molar-refractivity contribution < 1.29 is 4.79 Å². The van der Waals surface area contributed by atoms with Crippen LogP contribution >= 0.6 is 0 Å². The molecule has 0 fully saturated rings. The summed E-state index contributed by atoms with van der Waals surface area (Å²) in [6, 6.07) is 0. The molecule has 0 unspecified atom stereocenters. The lowest BCUT2D eigenvalue weighted by Gasteiger charge is -2.07. The highest BCUT2D eigenvalue weighted by molar-refractivity contribution is 5.73. The summed E-state index contributed by atoms with van der Waals surface area (Å²) in [5.41, 5.74) is -0.230. The van der Waals surface area contributed by atoms with E-state index < -0.39 is 0 Å². The molecule has 0 aliphatic carbocycles. The van der Waals surface area contributed by atoms with E-state index in [0.29, 0.717) is 0 Å². The first kappa shape index (κ1) is 8.27. The van der Waals surface area contributed by atoms with Gasteiger partial charge < -0.3 is 0 Å². The van der Waals surface area contributed by atoms with Crippen molar-refractivity contribution in [2.45, 2.75) is 33.2 Å². The van der Waals surface area contributed by atoms with Crippen LogP contribution < -0.4 is 0 Å². The molecule has 0 aliphatic heterocycles. The van der Waals surface area contributed by atoms with Gasteiger partial charge in [0.25, 0.3) is 5.91 Å². The van der Waals surface area contributed by atoms with Crippen LogP contribution in [0.25, 0.3) is 0 Å². The summed E-state index contributed by atoms with van der Waals surface area (Å²) in [6.45, 7) is 7.05. The Labute approximate surface area is 55.2 Å². The number of nitrogens with zero attached hydrogens (tertiary/aromatic N) is 2. The SMILES string of the molecule is CC(=O)N=NC(C)(C)C. The van der Waals surface area contributed by atoms with Crippen molar-refractivity contribution in [3.63, 3.8) is 0 Å². The Morgan fingerprint density at radius 1 is 1.33 bits per heavy atom. The van der Waals surface area contributed by atoms with Gasteiger partial charge in [0.15, 0.2) is 0 Å². The van der Waals surface area contributed by atoms with E-state index in [-0.39, 0.29) is 11.4 Å². The maximum atomic E-state index is 10.2. The van der Waals surface area contributed by atoms with Gasteiger partial charge in [0, 0.05) is 6.92 Å². The highest BCUT2D eigenvalue weighted by atomic mass is 16.1. The second-order valence-corrected chi connectivity index (χ2v) is 2.89. The minimum Gasteiger partial charge on any atom is -0.271 e. The van der Waals surface area contributed by atoms with Crippen molar-refractivity contribution in [3.05, 3.63) is 0 Å². The number of azo groups is 1. The van der Waals surface area contributed by atoms with Gasteiger partial charge >= 0.3 is 0 Å². The second kappa shape index (κ2) is 2.71. The first-order valence-corrected chi connectivity index (χ1v) is 2.85. The highest BCUT2D eigenvalue weighted by Crippen LogP contribution is 2.05. The Kier molecular flexibility index (Phi) is 2.49. The molecule has 3 nitrogen and oxygen atoms in total. The molecule has 0 spiro atoms. The molecule has 1 amide bonds. The molecule has 0 heterocycles. The zero-order valence-corrected chi connectivity index (χ0v) is 6.30. The normalized spacial score (nSPS) is 12.4. The van der Waals surface area contributed by atoms with E-state index in [1.54, 1.807) is 0 Å². The number of carbonyl (C=O) groups excluding carboxylic acids is 1. The minimum atomic E-state index is -0.245. The summed E-state index contributed by atoms with van der Waals surface area (Å²) in [4.78, 5) is 10.2. The van der Waals surface area contributed by atoms with E-state index >= 15 is 0 Å². The summed E-state index contributed by atoms with van der Waals surface area (Å²) in [7, 11) is 0. The highest BCUT2D eigenvalue weighted by Gasteiger charge is 2.06. The summed E-state index contributed by atoms with van der Waals surface area (Å²) in [5, 5.41) is 7.11. The van der Waals surface area contributed by atoms with Gasteiger partial charge in [-0.05, 0) is 20.8 Å². The monoisotopic (exact) mass is 128 g/mol. The molecule has 52 valence electrons. The minimum absolute atomic E-state index is 0.230. The summed E-state index contributed by atoms with van der Waals surface area (Å²) >= 11 is 0. The molecule has 9 heavy (non-hydrogen) atoms. The van der Waals surface area contributed by atoms with E-state index in [1.807, 2.05) is 20.8 Å². The quantitative estimate of drug-likeness (QED) is 0.458. The van der Waals surface area contributed by atoms with Gasteiger partial charge in [-0.15, -0.1) is 5.11 Å².